The first-order valence-electron chi connectivity index (χ1n) is 7.09. The molecule has 6 nitrogen and oxygen atoms in total. The average Bonchev–Trinajstić information content (AvgIpc) is 3.07. The van der Waals surface area contributed by atoms with Crippen molar-refractivity contribution >= 4 is 0 Å². The first-order chi connectivity index (χ1) is 9.38. The van der Waals surface area contributed by atoms with E-state index in [4.69, 9.17) is 9.47 Å². The molecule has 1 aromatic rings. The van der Waals surface area contributed by atoms with Gasteiger partial charge in [0, 0.05) is 39.5 Å². The lowest BCUT2D eigenvalue weighted by molar-refractivity contribution is 0.101. The minimum Gasteiger partial charge on any atom is -0.383 e. The molecule has 1 aliphatic rings. The molecular weight excluding hydrogens is 244 g/mol. The minimum atomic E-state index is 0.471. The van der Waals surface area contributed by atoms with Crippen LogP contribution in [0.3, 0.4) is 0 Å². The number of nitrogens with one attached hydrogen (secondary N) is 1. The molecule has 0 aliphatic carbocycles. The molecule has 1 unspecified atom stereocenters. The summed E-state index contributed by atoms with van der Waals surface area (Å²) in [6.45, 7) is 4.16. The van der Waals surface area contributed by atoms with Crippen LogP contribution in [0, 0.1) is 0 Å². The molecule has 2 heterocycles. The number of aryl methyl sites for hydroxylation is 1. The van der Waals surface area contributed by atoms with Crippen molar-refractivity contribution in [1.82, 2.24) is 20.3 Å². The van der Waals surface area contributed by atoms with Gasteiger partial charge >= 0.3 is 0 Å². The summed E-state index contributed by atoms with van der Waals surface area (Å²) in [7, 11) is 1.70. The maximum atomic E-state index is 5.61. The van der Waals surface area contributed by atoms with E-state index in [0.29, 0.717) is 6.10 Å². The highest BCUT2D eigenvalue weighted by atomic mass is 16.5. The van der Waals surface area contributed by atoms with Crippen molar-refractivity contribution < 1.29 is 9.47 Å². The number of ether oxygens (including phenoxy) is 2. The molecular formula is C13H24N4O2. The van der Waals surface area contributed by atoms with Gasteiger partial charge in [0.15, 0.2) is 0 Å². The van der Waals surface area contributed by atoms with Gasteiger partial charge in [-0.3, -0.25) is 4.68 Å². The van der Waals surface area contributed by atoms with Crippen LogP contribution in [0.15, 0.2) is 6.20 Å². The van der Waals surface area contributed by atoms with Gasteiger partial charge in [0.2, 0.25) is 0 Å². The number of nitrogens with zero attached hydrogens (tertiary/aromatic N) is 3. The van der Waals surface area contributed by atoms with E-state index in [-0.39, 0.29) is 0 Å². The predicted octanol–water partition coefficient (Wildman–Crippen LogP) is 0.973. The van der Waals surface area contributed by atoms with Crippen molar-refractivity contribution in [2.75, 3.05) is 26.9 Å². The summed E-state index contributed by atoms with van der Waals surface area (Å²) in [6.07, 6.45) is 7.14. The average molecular weight is 268 g/mol. The zero-order chi connectivity index (χ0) is 13.3. The zero-order valence-electron chi connectivity index (χ0n) is 11.7. The van der Waals surface area contributed by atoms with E-state index in [1.54, 1.807) is 7.11 Å². The van der Waals surface area contributed by atoms with E-state index in [0.717, 1.165) is 51.4 Å². The van der Waals surface area contributed by atoms with Crippen molar-refractivity contribution in [3.63, 3.8) is 0 Å². The predicted molar refractivity (Wildman–Crippen MR) is 71.8 cm³/mol. The lowest BCUT2D eigenvalue weighted by atomic mass is 10.1. The summed E-state index contributed by atoms with van der Waals surface area (Å²) >= 11 is 0. The smallest absolute Gasteiger partial charge is 0.0964 e. The van der Waals surface area contributed by atoms with Gasteiger partial charge in [-0.05, 0) is 25.7 Å². The molecule has 1 saturated heterocycles. The summed E-state index contributed by atoms with van der Waals surface area (Å²) in [5, 5.41) is 11.5. The Hall–Kier alpha value is -0.980. The molecule has 1 fully saturated rings. The third-order valence-corrected chi connectivity index (χ3v) is 3.31. The van der Waals surface area contributed by atoms with Crippen molar-refractivity contribution in [2.45, 2.75) is 44.9 Å². The van der Waals surface area contributed by atoms with Crippen LogP contribution in [-0.2, 0) is 22.6 Å². The molecule has 1 aromatic heterocycles. The number of methoxy groups -OCH3 is 1. The van der Waals surface area contributed by atoms with Crippen LogP contribution in [0.2, 0.25) is 0 Å². The number of aromatic nitrogens is 3. The van der Waals surface area contributed by atoms with Gasteiger partial charge in [0.25, 0.3) is 0 Å². The molecule has 0 aromatic carbocycles. The highest BCUT2D eigenvalue weighted by molar-refractivity contribution is 4.91. The summed E-state index contributed by atoms with van der Waals surface area (Å²) in [5.41, 5.74) is 0.980. The van der Waals surface area contributed by atoms with Crippen molar-refractivity contribution in [2.24, 2.45) is 0 Å². The lowest BCUT2D eigenvalue weighted by Gasteiger charge is -2.08. The fraction of sp³-hybridized carbons (Fsp3) is 0.846. The fourth-order valence-electron chi connectivity index (χ4n) is 2.27. The largest absolute Gasteiger partial charge is 0.383 e. The fourth-order valence-corrected chi connectivity index (χ4v) is 2.27. The first-order valence-corrected chi connectivity index (χ1v) is 7.09. The topological polar surface area (TPSA) is 61.2 Å². The van der Waals surface area contributed by atoms with Gasteiger partial charge in [-0.2, -0.15) is 0 Å². The Kier molecular flexibility index (Phi) is 6.26. The first kappa shape index (κ1) is 14.4. The second kappa shape index (κ2) is 8.24. The van der Waals surface area contributed by atoms with Gasteiger partial charge in [0.1, 0.15) is 0 Å². The standard InChI is InChI=1S/C13H24N4O2/c1-18-9-6-14-10-12-11-17(16-15-12)7-2-4-13-5-3-8-19-13/h11,13-14H,2-10H2,1H3. The van der Waals surface area contributed by atoms with Crippen LogP contribution >= 0.6 is 0 Å². The van der Waals surface area contributed by atoms with E-state index in [2.05, 4.69) is 15.6 Å². The molecule has 108 valence electrons. The van der Waals surface area contributed by atoms with Crippen LogP contribution in [0.25, 0.3) is 0 Å². The third kappa shape index (κ3) is 5.26. The SMILES string of the molecule is COCCNCc1cn(CCCC2CCCO2)nn1. The zero-order valence-corrected chi connectivity index (χ0v) is 11.7. The number of hydrogen-bond acceptors (Lipinski definition) is 5. The maximum Gasteiger partial charge on any atom is 0.0964 e. The minimum absolute atomic E-state index is 0.471. The second-order valence-corrected chi connectivity index (χ2v) is 4.92. The van der Waals surface area contributed by atoms with Gasteiger partial charge in [-0.25, -0.2) is 0 Å². The Morgan fingerprint density at radius 3 is 3.32 bits per heavy atom. The third-order valence-electron chi connectivity index (χ3n) is 3.31. The summed E-state index contributed by atoms with van der Waals surface area (Å²) in [4.78, 5) is 0. The van der Waals surface area contributed by atoms with E-state index in [1.807, 2.05) is 10.9 Å². The van der Waals surface area contributed by atoms with E-state index in [9.17, 15) is 0 Å². The second-order valence-electron chi connectivity index (χ2n) is 4.92. The molecule has 0 spiro atoms. The van der Waals surface area contributed by atoms with E-state index >= 15 is 0 Å². The summed E-state index contributed by atoms with van der Waals surface area (Å²) < 4.78 is 12.5. The maximum absolute atomic E-state index is 5.61. The molecule has 2 rings (SSSR count). The quantitative estimate of drug-likeness (QED) is 0.676. The van der Waals surface area contributed by atoms with Crippen molar-refractivity contribution in [3.8, 4) is 0 Å². The number of hydrogen-bond donors (Lipinski definition) is 1. The molecule has 0 saturated carbocycles. The summed E-state index contributed by atoms with van der Waals surface area (Å²) in [6, 6.07) is 0. The molecule has 0 radical (unpaired) electrons. The molecule has 0 bridgehead atoms. The number of rotatable bonds is 9. The van der Waals surface area contributed by atoms with Gasteiger partial charge in [-0.15, -0.1) is 5.10 Å². The monoisotopic (exact) mass is 268 g/mol. The highest BCUT2D eigenvalue weighted by Gasteiger charge is 2.14. The van der Waals surface area contributed by atoms with E-state index in [1.165, 1.54) is 12.8 Å². The molecule has 1 aliphatic heterocycles. The van der Waals surface area contributed by atoms with E-state index < -0.39 is 0 Å². The Labute approximate surface area is 114 Å². The molecule has 0 amide bonds. The van der Waals surface area contributed by atoms with Gasteiger partial charge in [0.05, 0.1) is 18.4 Å². The van der Waals surface area contributed by atoms with Crippen LogP contribution in [0.1, 0.15) is 31.4 Å². The van der Waals surface area contributed by atoms with Crippen molar-refractivity contribution in [1.29, 1.82) is 0 Å². The van der Waals surface area contributed by atoms with Crippen molar-refractivity contribution in [3.05, 3.63) is 11.9 Å². The Bertz CT molecular complexity index is 350. The molecule has 1 N–H and O–H groups in total. The van der Waals surface area contributed by atoms with Gasteiger partial charge < -0.3 is 14.8 Å². The van der Waals surface area contributed by atoms with Crippen LogP contribution < -0.4 is 5.32 Å². The lowest BCUT2D eigenvalue weighted by Crippen LogP contribution is -2.18. The molecule has 6 heteroatoms. The molecule has 1 atom stereocenters. The summed E-state index contributed by atoms with van der Waals surface area (Å²) in [5.74, 6) is 0. The van der Waals surface area contributed by atoms with Crippen LogP contribution in [0.5, 0.6) is 0 Å². The normalized spacial score (nSPS) is 19.1. The van der Waals surface area contributed by atoms with Crippen LogP contribution in [0.4, 0.5) is 0 Å². The Balaban J connectivity index is 1.60. The highest BCUT2D eigenvalue weighted by Crippen LogP contribution is 2.16. The molecule has 19 heavy (non-hydrogen) atoms. The Morgan fingerprint density at radius 2 is 2.53 bits per heavy atom. The van der Waals surface area contributed by atoms with Gasteiger partial charge in [-0.1, -0.05) is 5.21 Å². The van der Waals surface area contributed by atoms with Crippen LogP contribution in [-0.4, -0.2) is 48.0 Å². The Morgan fingerprint density at radius 1 is 1.58 bits per heavy atom.